The van der Waals surface area contributed by atoms with Crippen LogP contribution in [-0.2, 0) is 20.9 Å². The third-order valence-electron chi connectivity index (χ3n) is 3.27. The Morgan fingerprint density at radius 3 is 2.23 bits per heavy atom. The Hall–Kier alpha value is -1.92. The molecule has 0 fully saturated rings. The molecule has 0 aromatic heterocycles. The minimum atomic E-state index is -2.56. The highest BCUT2D eigenvalue weighted by Gasteiger charge is 2.48. The van der Waals surface area contributed by atoms with Gasteiger partial charge in [-0.3, -0.25) is 0 Å². The van der Waals surface area contributed by atoms with Crippen molar-refractivity contribution in [3.8, 4) is 0 Å². The summed E-state index contributed by atoms with van der Waals surface area (Å²) >= 11 is 0. The van der Waals surface area contributed by atoms with Gasteiger partial charge < -0.3 is 20.1 Å². The average molecular weight is 310 g/mol. The van der Waals surface area contributed by atoms with E-state index in [9.17, 15) is 19.8 Å². The van der Waals surface area contributed by atoms with Gasteiger partial charge in [-0.1, -0.05) is 43.7 Å². The van der Waals surface area contributed by atoms with Gasteiger partial charge >= 0.3 is 11.9 Å². The van der Waals surface area contributed by atoms with Crippen LogP contribution in [0.3, 0.4) is 0 Å². The molecule has 1 aromatic carbocycles. The maximum atomic E-state index is 11.8. The summed E-state index contributed by atoms with van der Waals surface area (Å²) in [4.78, 5) is 23.0. The van der Waals surface area contributed by atoms with Crippen molar-refractivity contribution in [2.24, 2.45) is 5.92 Å². The van der Waals surface area contributed by atoms with E-state index in [-0.39, 0.29) is 18.9 Å². The quantitative estimate of drug-likeness (QED) is 0.655. The number of carbonyl (C=O) groups excluding carboxylic acids is 1. The fourth-order valence-electron chi connectivity index (χ4n) is 2.05. The maximum Gasteiger partial charge on any atom is 0.339 e. The fraction of sp³-hybridized carbons (Fsp3) is 0.500. The van der Waals surface area contributed by atoms with Crippen molar-refractivity contribution in [3.05, 3.63) is 35.4 Å². The molecular formula is C16H22O6. The first-order valence-electron chi connectivity index (χ1n) is 7.03. The molecule has 1 aromatic rings. The van der Waals surface area contributed by atoms with Crippen molar-refractivity contribution in [3.63, 3.8) is 0 Å². The van der Waals surface area contributed by atoms with Gasteiger partial charge in [0.25, 0.3) is 0 Å². The van der Waals surface area contributed by atoms with Crippen LogP contribution in [0.25, 0.3) is 0 Å². The molecule has 0 saturated heterocycles. The van der Waals surface area contributed by atoms with E-state index in [1.54, 1.807) is 26.0 Å². The predicted molar refractivity (Wildman–Crippen MR) is 79.0 cm³/mol. The van der Waals surface area contributed by atoms with Crippen molar-refractivity contribution in [1.29, 1.82) is 0 Å². The summed E-state index contributed by atoms with van der Waals surface area (Å²) in [6.07, 6.45) is -2.40. The van der Waals surface area contributed by atoms with Gasteiger partial charge in [0.2, 0.25) is 0 Å². The molecule has 0 aliphatic heterocycles. The number of carboxylic acids is 1. The lowest BCUT2D eigenvalue weighted by Crippen LogP contribution is -2.54. The molecular weight excluding hydrogens is 288 g/mol. The number of hydrogen-bond acceptors (Lipinski definition) is 5. The van der Waals surface area contributed by atoms with Gasteiger partial charge in [-0.2, -0.15) is 0 Å². The molecule has 2 atom stereocenters. The largest absolute Gasteiger partial charge is 0.479 e. The van der Waals surface area contributed by atoms with Crippen molar-refractivity contribution in [1.82, 2.24) is 0 Å². The summed E-state index contributed by atoms with van der Waals surface area (Å²) in [6, 6.07) is 7.19. The summed E-state index contributed by atoms with van der Waals surface area (Å²) in [5, 5.41) is 29.1. The summed E-state index contributed by atoms with van der Waals surface area (Å²) in [5.74, 6) is -3.03. The molecule has 6 heteroatoms. The normalized spacial score (nSPS) is 15.2. The number of rotatable bonds is 7. The molecule has 0 bridgehead atoms. The second kappa shape index (κ2) is 7.38. The van der Waals surface area contributed by atoms with Crippen LogP contribution < -0.4 is 0 Å². The zero-order valence-corrected chi connectivity index (χ0v) is 12.9. The number of carbonyl (C=O) groups is 2. The van der Waals surface area contributed by atoms with Gasteiger partial charge in [0.1, 0.15) is 6.61 Å². The zero-order valence-electron chi connectivity index (χ0n) is 12.9. The highest BCUT2D eigenvalue weighted by molar-refractivity contribution is 5.87. The van der Waals surface area contributed by atoms with Crippen LogP contribution in [-0.4, -0.2) is 39.0 Å². The van der Waals surface area contributed by atoms with Crippen LogP contribution in [0.4, 0.5) is 0 Å². The fourth-order valence-corrected chi connectivity index (χ4v) is 2.05. The maximum absolute atomic E-state index is 11.8. The van der Waals surface area contributed by atoms with Crippen molar-refractivity contribution in [2.45, 2.75) is 45.5 Å². The topological polar surface area (TPSA) is 104 Å². The second-order valence-corrected chi connectivity index (χ2v) is 5.82. The molecule has 122 valence electrons. The molecule has 2 unspecified atom stereocenters. The first-order chi connectivity index (χ1) is 10.2. The molecule has 0 heterocycles. The van der Waals surface area contributed by atoms with Gasteiger partial charge in [0, 0.05) is 0 Å². The smallest absolute Gasteiger partial charge is 0.339 e. The molecule has 0 aliphatic carbocycles. The molecule has 0 aliphatic rings. The van der Waals surface area contributed by atoms with E-state index in [4.69, 9.17) is 9.84 Å². The van der Waals surface area contributed by atoms with E-state index in [1.807, 2.05) is 19.1 Å². The Kier molecular flexibility index (Phi) is 6.08. The van der Waals surface area contributed by atoms with Crippen LogP contribution in [0.2, 0.25) is 0 Å². The van der Waals surface area contributed by atoms with Crippen LogP contribution in [0.5, 0.6) is 0 Å². The highest BCUT2D eigenvalue weighted by Crippen LogP contribution is 2.23. The number of aliphatic carboxylic acids is 1. The molecule has 0 amide bonds. The van der Waals surface area contributed by atoms with E-state index >= 15 is 0 Å². The number of aliphatic hydroxyl groups excluding tert-OH is 1. The monoisotopic (exact) mass is 310 g/mol. The zero-order chi connectivity index (χ0) is 16.9. The van der Waals surface area contributed by atoms with Gasteiger partial charge in [0.15, 0.2) is 11.7 Å². The Morgan fingerprint density at radius 1 is 1.23 bits per heavy atom. The summed E-state index contributed by atoms with van der Waals surface area (Å²) in [6.45, 7) is 5.17. The first-order valence-corrected chi connectivity index (χ1v) is 7.03. The van der Waals surface area contributed by atoms with Gasteiger partial charge in [-0.15, -0.1) is 0 Å². The summed E-state index contributed by atoms with van der Waals surface area (Å²) in [5.41, 5.74) is -0.806. The standard InChI is InChI=1S/C16H22O6/c1-10(2)8-16(21,15(19)20)13(17)14(18)22-9-12-6-4-11(3)5-7-12/h4-7,10,13,17,21H,8-9H2,1-3H3,(H,19,20). The molecule has 22 heavy (non-hydrogen) atoms. The molecule has 0 spiro atoms. The SMILES string of the molecule is Cc1ccc(COC(=O)C(O)C(O)(CC(C)C)C(=O)O)cc1. The number of aliphatic hydroxyl groups is 2. The molecule has 1 rings (SSSR count). The minimum Gasteiger partial charge on any atom is -0.479 e. The van der Waals surface area contributed by atoms with E-state index in [1.165, 1.54) is 0 Å². The Labute approximate surface area is 129 Å². The lowest BCUT2D eigenvalue weighted by molar-refractivity contribution is -0.189. The second-order valence-electron chi connectivity index (χ2n) is 5.82. The van der Waals surface area contributed by atoms with Crippen LogP contribution in [0.15, 0.2) is 24.3 Å². The van der Waals surface area contributed by atoms with E-state index < -0.39 is 23.6 Å². The van der Waals surface area contributed by atoms with Gasteiger partial charge in [-0.05, 0) is 24.8 Å². The summed E-state index contributed by atoms with van der Waals surface area (Å²) < 4.78 is 4.90. The van der Waals surface area contributed by atoms with Crippen LogP contribution in [0.1, 0.15) is 31.4 Å². The third-order valence-corrected chi connectivity index (χ3v) is 3.27. The lowest BCUT2D eigenvalue weighted by atomic mass is 9.87. The van der Waals surface area contributed by atoms with E-state index in [0.29, 0.717) is 5.56 Å². The number of ether oxygens (including phenoxy) is 1. The van der Waals surface area contributed by atoms with E-state index in [2.05, 4.69) is 0 Å². The van der Waals surface area contributed by atoms with Crippen molar-refractivity contribution < 1.29 is 29.6 Å². The highest BCUT2D eigenvalue weighted by atomic mass is 16.6. The number of esters is 1. The van der Waals surface area contributed by atoms with Crippen molar-refractivity contribution in [2.75, 3.05) is 0 Å². The minimum absolute atomic E-state index is 0.104. The van der Waals surface area contributed by atoms with Crippen molar-refractivity contribution >= 4 is 11.9 Å². The molecule has 0 radical (unpaired) electrons. The molecule has 3 N–H and O–H groups in total. The van der Waals surface area contributed by atoms with Crippen LogP contribution in [0, 0.1) is 12.8 Å². The number of benzene rings is 1. The predicted octanol–water partition coefficient (Wildman–Crippen LogP) is 1.26. The number of carboxylic acid groups (broad SMARTS) is 1. The number of hydrogen-bond donors (Lipinski definition) is 3. The van der Waals surface area contributed by atoms with E-state index in [0.717, 1.165) is 5.56 Å². The number of aryl methyl sites for hydroxylation is 1. The lowest BCUT2D eigenvalue weighted by Gasteiger charge is -2.28. The Balaban J connectivity index is 2.73. The van der Waals surface area contributed by atoms with Crippen LogP contribution >= 0.6 is 0 Å². The third kappa shape index (κ3) is 4.54. The average Bonchev–Trinajstić information content (AvgIpc) is 2.44. The Morgan fingerprint density at radius 2 is 1.77 bits per heavy atom. The molecule has 6 nitrogen and oxygen atoms in total. The Bertz CT molecular complexity index is 522. The summed E-state index contributed by atoms with van der Waals surface area (Å²) in [7, 11) is 0. The molecule has 0 saturated carbocycles. The van der Waals surface area contributed by atoms with Gasteiger partial charge in [-0.25, -0.2) is 9.59 Å². The van der Waals surface area contributed by atoms with Gasteiger partial charge in [0.05, 0.1) is 0 Å². The first kappa shape index (κ1) is 18.1.